The van der Waals surface area contributed by atoms with Gasteiger partial charge in [-0.05, 0) is 0 Å². The SMILES string of the molecule is [CH2]CC.[Cl][Ga]([Cl])[Cl]. The minimum absolute atomic E-state index is 1.00. The van der Waals surface area contributed by atoms with Crippen molar-refractivity contribution >= 4 is 42.1 Å². The van der Waals surface area contributed by atoms with Crippen molar-refractivity contribution in [1.82, 2.24) is 0 Å². The molecule has 0 N–H and O–H groups in total. The number of halogens is 3. The molecule has 0 saturated carbocycles. The van der Waals surface area contributed by atoms with Gasteiger partial charge in [0.25, 0.3) is 0 Å². The molecule has 0 aliphatic heterocycles. The Hall–Kier alpha value is 1.51. The monoisotopic (exact) mass is 217 g/mol. The van der Waals surface area contributed by atoms with Crippen molar-refractivity contribution in [3.05, 3.63) is 6.92 Å². The number of rotatable bonds is 0. The van der Waals surface area contributed by atoms with Crippen LogP contribution in [-0.2, 0) is 0 Å². The number of hydrogen-bond donors (Lipinski definition) is 0. The molecule has 0 amide bonds. The van der Waals surface area contributed by atoms with Crippen molar-refractivity contribution in [3.8, 4) is 0 Å². The maximum atomic E-state index is 4.99. The molecule has 43 valence electrons. The van der Waals surface area contributed by atoms with Crippen molar-refractivity contribution in [2.24, 2.45) is 0 Å². The molecule has 0 unspecified atom stereocenters. The minimum atomic E-state index is -2.06. The Balaban J connectivity index is 0. The van der Waals surface area contributed by atoms with Crippen molar-refractivity contribution in [1.29, 1.82) is 0 Å². The third-order valence-corrected chi connectivity index (χ3v) is 0. The fourth-order valence-electron chi connectivity index (χ4n) is 0. The van der Waals surface area contributed by atoms with Crippen LogP contribution < -0.4 is 0 Å². The van der Waals surface area contributed by atoms with E-state index in [1.807, 2.05) is 6.92 Å². The Morgan fingerprint density at radius 1 is 1.43 bits per heavy atom. The maximum absolute atomic E-state index is 4.99. The molecule has 0 bridgehead atoms. The summed E-state index contributed by atoms with van der Waals surface area (Å²) in [5.74, 6) is 0. The van der Waals surface area contributed by atoms with Gasteiger partial charge in [0, 0.05) is 0 Å². The van der Waals surface area contributed by atoms with Crippen LogP contribution in [0.15, 0.2) is 0 Å². The van der Waals surface area contributed by atoms with Gasteiger partial charge in [-0.25, -0.2) is 0 Å². The normalized spacial score (nSPS) is 6.43. The van der Waals surface area contributed by atoms with Gasteiger partial charge in [0.15, 0.2) is 0 Å². The van der Waals surface area contributed by atoms with Crippen LogP contribution in [0.3, 0.4) is 0 Å². The van der Waals surface area contributed by atoms with Gasteiger partial charge in [0.05, 0.1) is 0 Å². The summed E-state index contributed by atoms with van der Waals surface area (Å²) >= 11 is -2.06. The fourth-order valence-corrected chi connectivity index (χ4v) is 0. The Labute approximate surface area is 62.2 Å². The molecule has 0 atom stereocenters. The first kappa shape index (κ1) is 11.3. The summed E-state index contributed by atoms with van der Waals surface area (Å²) in [7, 11) is 15.0. The zero-order valence-electron chi connectivity index (χ0n) is 4.13. The second-order valence-electron chi connectivity index (χ2n) is 0.747. The van der Waals surface area contributed by atoms with E-state index in [-0.39, 0.29) is 0 Å². The fraction of sp³-hybridized carbons (Fsp3) is 0.667. The quantitative estimate of drug-likeness (QED) is 0.549. The van der Waals surface area contributed by atoms with E-state index in [0.29, 0.717) is 0 Å². The molecule has 0 spiro atoms. The predicted molar refractivity (Wildman–Crippen MR) is 39.0 cm³/mol. The van der Waals surface area contributed by atoms with Crippen molar-refractivity contribution in [2.45, 2.75) is 13.3 Å². The van der Waals surface area contributed by atoms with Crippen LogP contribution in [0.4, 0.5) is 0 Å². The van der Waals surface area contributed by atoms with Crippen LogP contribution >= 0.6 is 28.9 Å². The molecule has 0 aliphatic rings. The molecule has 0 aromatic rings. The third kappa shape index (κ3) is 100. The van der Waals surface area contributed by atoms with E-state index in [0.717, 1.165) is 6.42 Å². The van der Waals surface area contributed by atoms with Gasteiger partial charge in [0.2, 0.25) is 0 Å². The van der Waals surface area contributed by atoms with Crippen LogP contribution in [0.5, 0.6) is 0 Å². The standard InChI is InChI=1S/C3H7.3ClH.Ga/c1-3-2;;;;/h1,3H2,2H3;3*1H;/q;;;;+3/p-3. The summed E-state index contributed by atoms with van der Waals surface area (Å²) in [6, 6.07) is 0. The van der Waals surface area contributed by atoms with E-state index in [9.17, 15) is 0 Å². The molecule has 0 saturated heterocycles. The molecule has 1 radical (unpaired) electrons. The summed E-state index contributed by atoms with van der Waals surface area (Å²) < 4.78 is 0. The summed E-state index contributed by atoms with van der Waals surface area (Å²) in [6.45, 7) is 5.50. The van der Waals surface area contributed by atoms with Gasteiger partial charge in [-0.1, -0.05) is 20.3 Å². The van der Waals surface area contributed by atoms with E-state index in [4.69, 9.17) is 28.9 Å². The molecule has 0 heterocycles. The van der Waals surface area contributed by atoms with Gasteiger partial charge in [-0.15, -0.1) is 0 Å². The van der Waals surface area contributed by atoms with Gasteiger partial charge in [-0.2, -0.15) is 0 Å². The second kappa shape index (κ2) is 10.5. The molecule has 0 aromatic heterocycles. The Morgan fingerprint density at radius 2 is 1.43 bits per heavy atom. The first-order valence-corrected chi connectivity index (χ1v) is 11.4. The third-order valence-electron chi connectivity index (χ3n) is 0. The summed E-state index contributed by atoms with van der Waals surface area (Å²) in [4.78, 5) is 0. The molecule has 0 rings (SSSR count). The second-order valence-corrected chi connectivity index (χ2v) is 12.1. The zero-order chi connectivity index (χ0) is 6.28. The van der Waals surface area contributed by atoms with Gasteiger partial charge in [0.1, 0.15) is 0 Å². The molecule has 0 aliphatic carbocycles. The molecule has 0 fully saturated rings. The Bertz CT molecular complexity index is 21.4. The zero-order valence-corrected chi connectivity index (χ0v) is 8.82. The summed E-state index contributed by atoms with van der Waals surface area (Å²) in [6.07, 6.45) is 1.00. The van der Waals surface area contributed by atoms with E-state index < -0.39 is 13.2 Å². The van der Waals surface area contributed by atoms with Crippen LogP contribution in [0, 0.1) is 6.92 Å². The van der Waals surface area contributed by atoms with Crippen LogP contribution in [0.2, 0.25) is 0 Å². The molecule has 0 aromatic carbocycles. The molecule has 0 nitrogen and oxygen atoms in total. The van der Waals surface area contributed by atoms with Crippen LogP contribution in [-0.4, -0.2) is 13.2 Å². The van der Waals surface area contributed by atoms with E-state index >= 15 is 0 Å². The molecule has 7 heavy (non-hydrogen) atoms. The van der Waals surface area contributed by atoms with Crippen LogP contribution in [0.25, 0.3) is 0 Å². The van der Waals surface area contributed by atoms with E-state index in [2.05, 4.69) is 6.92 Å². The number of hydrogen-bond acceptors (Lipinski definition) is 0. The summed E-state index contributed by atoms with van der Waals surface area (Å²) in [5, 5.41) is 0. The van der Waals surface area contributed by atoms with Crippen LogP contribution in [0.1, 0.15) is 13.3 Å². The van der Waals surface area contributed by atoms with Crippen molar-refractivity contribution < 1.29 is 0 Å². The molecule has 4 heteroatoms. The van der Waals surface area contributed by atoms with Gasteiger partial charge in [-0.3, -0.25) is 0 Å². The molecular formula is C3H7Cl3Ga. The average molecular weight is 219 g/mol. The first-order chi connectivity index (χ1) is 3.15. The van der Waals surface area contributed by atoms with E-state index in [1.165, 1.54) is 0 Å². The first-order valence-electron chi connectivity index (χ1n) is 1.86. The predicted octanol–water partition coefficient (Wildman–Crippen LogP) is 2.92. The Morgan fingerprint density at radius 3 is 1.43 bits per heavy atom. The van der Waals surface area contributed by atoms with Gasteiger partial charge < -0.3 is 0 Å². The Kier molecular flexibility index (Phi) is 17.0. The summed E-state index contributed by atoms with van der Waals surface area (Å²) in [5.41, 5.74) is 0. The van der Waals surface area contributed by atoms with Crippen molar-refractivity contribution in [2.75, 3.05) is 0 Å². The van der Waals surface area contributed by atoms with Gasteiger partial charge >= 0.3 is 42.1 Å². The average Bonchev–Trinajstić information content (AvgIpc) is 1.33. The molecular weight excluding hydrogens is 212 g/mol. The topological polar surface area (TPSA) is 0 Å². The van der Waals surface area contributed by atoms with E-state index in [1.54, 1.807) is 0 Å². The van der Waals surface area contributed by atoms with Crippen molar-refractivity contribution in [3.63, 3.8) is 0 Å².